The summed E-state index contributed by atoms with van der Waals surface area (Å²) in [7, 11) is -3.62. The number of hydrogen-bond donors (Lipinski definition) is 1. The number of carbonyl (C=O) groups excluding carboxylic acids is 1. The van der Waals surface area contributed by atoms with Crippen molar-refractivity contribution in [2.75, 3.05) is 19.6 Å². The number of thioether (sulfide) groups is 1. The zero-order valence-corrected chi connectivity index (χ0v) is 20.9. The lowest BCUT2D eigenvalue weighted by atomic mass is 10.2. The largest absolute Gasteiger partial charge is 0.355 e. The van der Waals surface area contributed by atoms with Crippen LogP contribution in [0.3, 0.4) is 0 Å². The van der Waals surface area contributed by atoms with Crippen molar-refractivity contribution in [3.63, 3.8) is 0 Å². The summed E-state index contributed by atoms with van der Waals surface area (Å²) in [4.78, 5) is 12.5. The van der Waals surface area contributed by atoms with E-state index >= 15 is 0 Å². The molecule has 176 valence electrons. The summed E-state index contributed by atoms with van der Waals surface area (Å²) in [6.45, 7) is 8.65. The summed E-state index contributed by atoms with van der Waals surface area (Å²) >= 11 is 1.30. The first-order chi connectivity index (χ1) is 15.8. The van der Waals surface area contributed by atoms with Crippen LogP contribution in [0.5, 0.6) is 0 Å². The number of carbonyl (C=O) groups is 1. The molecular formula is C23H29N5O3S2. The molecule has 1 amide bonds. The van der Waals surface area contributed by atoms with Gasteiger partial charge in [0.05, 0.1) is 10.1 Å². The fourth-order valence-corrected chi connectivity index (χ4v) is 5.78. The summed E-state index contributed by atoms with van der Waals surface area (Å²) in [5.74, 6) is 0.419. The minimum absolute atomic E-state index is 0.0843. The highest BCUT2D eigenvalue weighted by molar-refractivity contribution is 8.00. The molecule has 0 fully saturated rings. The fourth-order valence-electron chi connectivity index (χ4n) is 3.38. The molecule has 1 heterocycles. The maximum absolute atomic E-state index is 13.1. The number of rotatable bonds is 10. The maximum atomic E-state index is 13.1. The fraction of sp³-hybridized carbons (Fsp3) is 0.348. The van der Waals surface area contributed by atoms with Gasteiger partial charge in [0.15, 0.2) is 11.0 Å². The highest BCUT2D eigenvalue weighted by Crippen LogP contribution is 2.31. The predicted octanol–water partition coefficient (Wildman–Crippen LogP) is 3.58. The molecule has 0 saturated heterocycles. The molecular weight excluding hydrogens is 458 g/mol. The van der Waals surface area contributed by atoms with E-state index in [0.717, 1.165) is 5.69 Å². The zero-order valence-electron chi connectivity index (χ0n) is 19.2. The molecule has 33 heavy (non-hydrogen) atoms. The highest BCUT2D eigenvalue weighted by Gasteiger charge is 2.25. The first-order valence-electron chi connectivity index (χ1n) is 10.9. The summed E-state index contributed by atoms with van der Waals surface area (Å²) in [5.41, 5.74) is 1.44. The second kappa shape index (κ2) is 11.0. The Hall–Kier alpha value is -2.69. The minimum Gasteiger partial charge on any atom is -0.355 e. The van der Waals surface area contributed by atoms with Gasteiger partial charge in [0.1, 0.15) is 0 Å². The summed E-state index contributed by atoms with van der Waals surface area (Å²) in [6, 6.07) is 16.3. The van der Waals surface area contributed by atoms with Crippen molar-refractivity contribution in [3.8, 4) is 17.1 Å². The van der Waals surface area contributed by atoms with E-state index in [1.165, 1.54) is 16.1 Å². The van der Waals surface area contributed by atoms with E-state index in [2.05, 4.69) is 15.5 Å². The van der Waals surface area contributed by atoms with Crippen molar-refractivity contribution in [1.29, 1.82) is 0 Å². The first-order valence-corrected chi connectivity index (χ1v) is 13.2. The van der Waals surface area contributed by atoms with E-state index in [0.29, 0.717) is 36.2 Å². The number of nitrogens with one attached hydrogen (secondary N) is 1. The van der Waals surface area contributed by atoms with E-state index in [4.69, 9.17) is 0 Å². The van der Waals surface area contributed by atoms with Gasteiger partial charge in [-0.1, -0.05) is 55.9 Å². The Labute approximate surface area is 199 Å². The van der Waals surface area contributed by atoms with Crippen LogP contribution in [0.1, 0.15) is 27.7 Å². The van der Waals surface area contributed by atoms with Crippen molar-refractivity contribution in [1.82, 2.24) is 24.4 Å². The van der Waals surface area contributed by atoms with E-state index in [9.17, 15) is 13.2 Å². The number of aromatic nitrogens is 3. The molecule has 8 nitrogen and oxygen atoms in total. The molecule has 1 atom stereocenters. The summed E-state index contributed by atoms with van der Waals surface area (Å²) in [6.07, 6.45) is 0. The van der Waals surface area contributed by atoms with Crippen molar-refractivity contribution in [3.05, 3.63) is 54.6 Å². The van der Waals surface area contributed by atoms with Crippen LogP contribution in [0, 0.1) is 0 Å². The lowest BCUT2D eigenvalue weighted by molar-refractivity contribution is -0.120. The predicted molar refractivity (Wildman–Crippen MR) is 131 cm³/mol. The molecule has 2 aromatic carbocycles. The average molecular weight is 488 g/mol. The SMILES string of the molecule is CCNC(=O)C(C)Sc1nnc(-c2cccc(S(=O)(=O)N(CC)CC)c2)n1-c1ccccc1. The normalized spacial score (nSPS) is 12.6. The lowest BCUT2D eigenvalue weighted by Gasteiger charge is -2.19. The van der Waals surface area contributed by atoms with Crippen LogP contribution in [0.25, 0.3) is 17.1 Å². The van der Waals surface area contributed by atoms with Crippen LogP contribution in [-0.4, -0.2) is 58.3 Å². The number of hydrogen-bond acceptors (Lipinski definition) is 6. The topological polar surface area (TPSA) is 97.2 Å². The Kier molecular flexibility index (Phi) is 8.28. The monoisotopic (exact) mass is 487 g/mol. The molecule has 10 heteroatoms. The van der Waals surface area contributed by atoms with Crippen LogP contribution in [-0.2, 0) is 14.8 Å². The van der Waals surface area contributed by atoms with Crippen LogP contribution in [0.4, 0.5) is 0 Å². The lowest BCUT2D eigenvalue weighted by Crippen LogP contribution is -2.30. The quantitative estimate of drug-likeness (QED) is 0.439. The van der Waals surface area contributed by atoms with E-state index in [1.807, 2.05) is 68.7 Å². The molecule has 0 bridgehead atoms. The van der Waals surface area contributed by atoms with Gasteiger partial charge >= 0.3 is 0 Å². The Morgan fingerprint density at radius 2 is 1.76 bits per heavy atom. The second-order valence-electron chi connectivity index (χ2n) is 7.25. The number of sulfonamides is 1. The number of benzene rings is 2. The summed E-state index contributed by atoms with van der Waals surface area (Å²) in [5, 5.41) is 11.7. The van der Waals surface area contributed by atoms with Crippen molar-refractivity contribution >= 4 is 27.7 Å². The molecule has 1 unspecified atom stereocenters. The van der Waals surface area contributed by atoms with Gasteiger partial charge in [-0.2, -0.15) is 4.31 Å². The molecule has 0 spiro atoms. The van der Waals surface area contributed by atoms with Gasteiger partial charge < -0.3 is 5.32 Å². The molecule has 3 rings (SSSR count). The van der Waals surface area contributed by atoms with Crippen LogP contribution < -0.4 is 5.32 Å². The van der Waals surface area contributed by atoms with Crippen LogP contribution in [0.15, 0.2) is 64.6 Å². The van der Waals surface area contributed by atoms with Crippen LogP contribution >= 0.6 is 11.8 Å². The van der Waals surface area contributed by atoms with Gasteiger partial charge in [0.2, 0.25) is 15.9 Å². The van der Waals surface area contributed by atoms with Crippen molar-refractivity contribution in [2.45, 2.75) is 43.0 Å². The molecule has 3 aromatic rings. The van der Waals surface area contributed by atoms with Gasteiger partial charge in [0.25, 0.3) is 0 Å². The van der Waals surface area contributed by atoms with Crippen LogP contribution in [0.2, 0.25) is 0 Å². The molecule has 0 radical (unpaired) electrons. The number of nitrogens with zero attached hydrogens (tertiary/aromatic N) is 4. The highest BCUT2D eigenvalue weighted by atomic mass is 32.2. The van der Waals surface area contributed by atoms with Gasteiger partial charge in [0, 0.05) is 30.9 Å². The molecule has 0 aliphatic heterocycles. The minimum atomic E-state index is -3.62. The van der Waals surface area contributed by atoms with E-state index in [-0.39, 0.29) is 16.1 Å². The third-order valence-corrected chi connectivity index (χ3v) is 8.17. The van der Waals surface area contributed by atoms with Gasteiger partial charge in [-0.05, 0) is 38.1 Å². The third-order valence-electron chi connectivity index (χ3n) is 5.09. The van der Waals surface area contributed by atoms with Crippen molar-refractivity contribution < 1.29 is 13.2 Å². The van der Waals surface area contributed by atoms with Gasteiger partial charge in [-0.15, -0.1) is 10.2 Å². The van der Waals surface area contributed by atoms with E-state index < -0.39 is 10.0 Å². The van der Waals surface area contributed by atoms with Gasteiger partial charge in [-0.25, -0.2) is 8.42 Å². The standard InChI is InChI=1S/C23H29N5O3S2/c1-5-24-22(29)17(4)32-23-26-25-21(28(23)19-13-9-8-10-14-19)18-12-11-15-20(16-18)33(30,31)27(6-2)7-3/h8-17H,5-7H2,1-4H3,(H,24,29). The first kappa shape index (κ1) is 24.9. The molecule has 1 aromatic heterocycles. The number of amides is 1. The Morgan fingerprint density at radius 3 is 2.39 bits per heavy atom. The Balaban J connectivity index is 2.09. The summed E-state index contributed by atoms with van der Waals surface area (Å²) < 4.78 is 29.4. The smallest absolute Gasteiger partial charge is 0.243 e. The molecule has 1 N–H and O–H groups in total. The maximum Gasteiger partial charge on any atom is 0.243 e. The van der Waals surface area contributed by atoms with E-state index in [1.54, 1.807) is 18.2 Å². The Morgan fingerprint density at radius 1 is 1.06 bits per heavy atom. The van der Waals surface area contributed by atoms with Gasteiger partial charge in [-0.3, -0.25) is 9.36 Å². The number of para-hydroxylation sites is 1. The third kappa shape index (κ3) is 5.45. The van der Waals surface area contributed by atoms with Crippen molar-refractivity contribution in [2.24, 2.45) is 0 Å². The molecule has 0 aliphatic carbocycles. The molecule has 0 saturated carbocycles. The molecule has 0 aliphatic rings. The second-order valence-corrected chi connectivity index (χ2v) is 10.5. The average Bonchev–Trinajstić information content (AvgIpc) is 3.24. The zero-order chi connectivity index (χ0) is 24.0. The Bertz CT molecular complexity index is 1190.